The lowest BCUT2D eigenvalue weighted by Gasteiger charge is -2.34. The van der Waals surface area contributed by atoms with E-state index in [4.69, 9.17) is 0 Å². The Morgan fingerprint density at radius 1 is 1.10 bits per heavy atom. The Bertz CT molecular complexity index is 836. The molecular formula is C22H30N6S. The van der Waals surface area contributed by atoms with Gasteiger partial charge in [0, 0.05) is 48.0 Å². The summed E-state index contributed by atoms with van der Waals surface area (Å²) in [6.45, 7) is 2.31. The molecule has 6 nitrogen and oxygen atoms in total. The number of hydrogen-bond donors (Lipinski definition) is 1. The highest BCUT2D eigenvalue weighted by Crippen LogP contribution is 2.45. The number of pyridine rings is 1. The van der Waals surface area contributed by atoms with Crippen molar-refractivity contribution in [3.63, 3.8) is 0 Å². The van der Waals surface area contributed by atoms with E-state index in [0.29, 0.717) is 29.3 Å². The van der Waals surface area contributed by atoms with Gasteiger partial charge in [0.25, 0.3) is 0 Å². The van der Waals surface area contributed by atoms with E-state index >= 15 is 0 Å². The summed E-state index contributed by atoms with van der Waals surface area (Å²) in [6, 6.07) is 7.33. The van der Waals surface area contributed by atoms with Crippen molar-refractivity contribution in [2.24, 2.45) is 5.92 Å². The minimum atomic E-state index is 0.328. The van der Waals surface area contributed by atoms with Gasteiger partial charge in [0.05, 0.1) is 30.4 Å². The SMILES string of the molecule is CNC(C)C1CCC(SCc2ccccn2)C(n2ccnc2)C(n2ccnc2)C1. The second-order valence-electron chi connectivity index (χ2n) is 7.90. The molecule has 3 aromatic rings. The van der Waals surface area contributed by atoms with Crippen LogP contribution in [0.4, 0.5) is 0 Å². The quantitative estimate of drug-likeness (QED) is 0.597. The highest BCUT2D eigenvalue weighted by Gasteiger charge is 2.38. The summed E-state index contributed by atoms with van der Waals surface area (Å²) < 4.78 is 4.62. The lowest BCUT2D eigenvalue weighted by atomic mass is 9.90. The summed E-state index contributed by atoms with van der Waals surface area (Å²) in [4.78, 5) is 13.3. The number of aromatic nitrogens is 5. The fraction of sp³-hybridized carbons (Fsp3) is 0.500. The van der Waals surface area contributed by atoms with Gasteiger partial charge in [-0.2, -0.15) is 0 Å². The third-order valence-electron chi connectivity index (χ3n) is 6.25. The van der Waals surface area contributed by atoms with Gasteiger partial charge in [0.15, 0.2) is 0 Å². The smallest absolute Gasteiger partial charge is 0.0949 e. The summed E-state index contributed by atoms with van der Waals surface area (Å²) in [7, 11) is 2.07. The number of nitrogens with zero attached hydrogens (tertiary/aromatic N) is 5. The van der Waals surface area contributed by atoms with Gasteiger partial charge in [0.2, 0.25) is 0 Å². The van der Waals surface area contributed by atoms with Gasteiger partial charge < -0.3 is 14.5 Å². The van der Waals surface area contributed by atoms with Crippen molar-refractivity contribution in [2.45, 2.75) is 55.3 Å². The van der Waals surface area contributed by atoms with E-state index in [-0.39, 0.29) is 0 Å². The van der Waals surface area contributed by atoms with Crippen LogP contribution >= 0.6 is 11.8 Å². The van der Waals surface area contributed by atoms with Gasteiger partial charge in [-0.3, -0.25) is 4.98 Å². The third kappa shape index (κ3) is 4.73. The first-order valence-corrected chi connectivity index (χ1v) is 11.4. The largest absolute Gasteiger partial charge is 0.332 e. The van der Waals surface area contributed by atoms with E-state index in [9.17, 15) is 0 Å². The minimum absolute atomic E-state index is 0.328. The van der Waals surface area contributed by atoms with Gasteiger partial charge in [0.1, 0.15) is 0 Å². The third-order valence-corrected chi connectivity index (χ3v) is 7.66. The maximum atomic E-state index is 4.53. The summed E-state index contributed by atoms with van der Waals surface area (Å²) >= 11 is 2.03. The van der Waals surface area contributed by atoms with E-state index in [0.717, 1.165) is 17.9 Å². The molecule has 4 rings (SSSR count). The molecule has 29 heavy (non-hydrogen) atoms. The topological polar surface area (TPSA) is 60.6 Å². The molecule has 154 valence electrons. The van der Waals surface area contributed by atoms with Crippen LogP contribution in [0.25, 0.3) is 0 Å². The summed E-state index contributed by atoms with van der Waals surface area (Å²) in [5.41, 5.74) is 1.14. The van der Waals surface area contributed by atoms with E-state index in [1.807, 2.05) is 49.1 Å². The molecule has 1 fully saturated rings. The van der Waals surface area contributed by atoms with E-state index in [2.05, 4.69) is 67.9 Å². The van der Waals surface area contributed by atoms with E-state index in [1.54, 1.807) is 0 Å². The predicted molar refractivity (Wildman–Crippen MR) is 118 cm³/mol. The normalized spacial score (nSPS) is 26.1. The highest BCUT2D eigenvalue weighted by molar-refractivity contribution is 7.99. The first-order valence-electron chi connectivity index (χ1n) is 10.4. The number of rotatable bonds is 7. The molecule has 1 N–H and O–H groups in total. The Balaban J connectivity index is 1.65. The standard InChI is InChI=1S/C22H30N6S/c1-17(23-2)18-6-7-21(29-14-19-5-3-4-8-26-19)22(28-12-10-25-16-28)20(13-18)27-11-9-24-15-27/h3-5,8-12,15-18,20-23H,6-7,13-14H2,1-2H3. The zero-order valence-electron chi connectivity index (χ0n) is 17.1. The monoisotopic (exact) mass is 410 g/mol. The molecule has 0 saturated heterocycles. The maximum Gasteiger partial charge on any atom is 0.0949 e. The van der Waals surface area contributed by atoms with Crippen molar-refractivity contribution in [1.29, 1.82) is 0 Å². The predicted octanol–water partition coefficient (Wildman–Crippen LogP) is 3.97. The van der Waals surface area contributed by atoms with Crippen molar-refractivity contribution in [3.8, 4) is 0 Å². The fourth-order valence-corrected chi connectivity index (χ4v) is 5.89. The van der Waals surface area contributed by atoms with Gasteiger partial charge in [-0.25, -0.2) is 9.97 Å². The van der Waals surface area contributed by atoms with Crippen LogP contribution in [0, 0.1) is 5.92 Å². The summed E-state index contributed by atoms with van der Waals surface area (Å²) in [6.07, 6.45) is 17.4. The van der Waals surface area contributed by atoms with Crippen LogP contribution in [-0.4, -0.2) is 42.4 Å². The molecule has 5 atom stereocenters. The Kier molecular flexibility index (Phi) is 6.67. The molecule has 3 heterocycles. The number of nitrogens with one attached hydrogen (secondary N) is 1. The van der Waals surface area contributed by atoms with Crippen molar-refractivity contribution < 1.29 is 0 Å². The van der Waals surface area contributed by atoms with Crippen LogP contribution in [0.5, 0.6) is 0 Å². The molecule has 1 aliphatic rings. The minimum Gasteiger partial charge on any atom is -0.332 e. The zero-order chi connectivity index (χ0) is 20.1. The van der Waals surface area contributed by atoms with E-state index < -0.39 is 0 Å². The average Bonchev–Trinajstić information content (AvgIpc) is 3.45. The molecule has 0 amide bonds. The molecule has 5 unspecified atom stereocenters. The Morgan fingerprint density at radius 2 is 1.90 bits per heavy atom. The molecule has 1 aliphatic carbocycles. The Hall–Kier alpha value is -2.12. The zero-order valence-corrected chi connectivity index (χ0v) is 17.9. The molecule has 0 aromatic carbocycles. The van der Waals surface area contributed by atoms with Crippen LogP contribution in [0.1, 0.15) is 44.0 Å². The number of thioether (sulfide) groups is 1. The van der Waals surface area contributed by atoms with Crippen molar-refractivity contribution in [2.75, 3.05) is 7.05 Å². The lowest BCUT2D eigenvalue weighted by molar-refractivity contribution is 0.264. The highest BCUT2D eigenvalue weighted by atomic mass is 32.2. The first kappa shape index (κ1) is 20.2. The van der Waals surface area contributed by atoms with E-state index in [1.165, 1.54) is 12.8 Å². The van der Waals surface area contributed by atoms with Gasteiger partial charge >= 0.3 is 0 Å². The molecule has 3 aromatic heterocycles. The molecule has 0 radical (unpaired) electrons. The second kappa shape index (κ2) is 9.59. The van der Waals surface area contributed by atoms with Crippen molar-refractivity contribution >= 4 is 11.8 Å². The van der Waals surface area contributed by atoms with Gasteiger partial charge in [-0.15, -0.1) is 11.8 Å². The molecule has 1 saturated carbocycles. The van der Waals surface area contributed by atoms with Crippen LogP contribution in [0.2, 0.25) is 0 Å². The first-order chi connectivity index (χ1) is 14.3. The number of imidazole rings is 2. The molecule has 7 heteroatoms. The molecular weight excluding hydrogens is 380 g/mol. The van der Waals surface area contributed by atoms with Crippen LogP contribution in [0.15, 0.2) is 61.8 Å². The average molecular weight is 411 g/mol. The van der Waals surface area contributed by atoms with Crippen molar-refractivity contribution in [1.82, 2.24) is 29.4 Å². The Labute approximate surface area is 177 Å². The maximum absolute atomic E-state index is 4.53. The Morgan fingerprint density at radius 3 is 2.55 bits per heavy atom. The molecule has 0 spiro atoms. The summed E-state index contributed by atoms with van der Waals surface area (Å²) in [5.74, 6) is 1.55. The van der Waals surface area contributed by atoms with Crippen molar-refractivity contribution in [3.05, 3.63) is 67.5 Å². The van der Waals surface area contributed by atoms with Crippen LogP contribution in [0.3, 0.4) is 0 Å². The number of hydrogen-bond acceptors (Lipinski definition) is 5. The lowest BCUT2D eigenvalue weighted by Crippen LogP contribution is -2.33. The van der Waals surface area contributed by atoms with Crippen LogP contribution in [-0.2, 0) is 5.75 Å². The molecule has 0 aliphatic heterocycles. The molecule has 0 bridgehead atoms. The second-order valence-corrected chi connectivity index (χ2v) is 9.13. The van der Waals surface area contributed by atoms with Crippen LogP contribution < -0.4 is 5.32 Å². The van der Waals surface area contributed by atoms with Gasteiger partial charge in [-0.05, 0) is 51.3 Å². The van der Waals surface area contributed by atoms with Gasteiger partial charge in [-0.1, -0.05) is 6.07 Å². The fourth-order valence-electron chi connectivity index (χ4n) is 4.51. The summed E-state index contributed by atoms with van der Waals surface area (Å²) in [5, 5.41) is 3.97.